The summed E-state index contributed by atoms with van der Waals surface area (Å²) in [5.74, 6) is -0.408. The maximum atomic E-state index is 12.4. The van der Waals surface area contributed by atoms with Gasteiger partial charge in [-0.3, -0.25) is 9.59 Å². The van der Waals surface area contributed by atoms with E-state index in [2.05, 4.69) is 4.90 Å². The van der Waals surface area contributed by atoms with Crippen molar-refractivity contribution in [3.8, 4) is 0 Å². The topological polar surface area (TPSA) is 55.8 Å². The summed E-state index contributed by atoms with van der Waals surface area (Å²) < 4.78 is 10.6. The monoisotopic (exact) mass is 381 g/mol. The maximum absolute atomic E-state index is 12.4. The minimum absolute atomic E-state index is 0.0721. The Balaban J connectivity index is 1.54. The van der Waals surface area contributed by atoms with Gasteiger partial charge in [-0.05, 0) is 37.0 Å². The Labute approximate surface area is 166 Å². The molecule has 0 unspecified atom stereocenters. The molecule has 5 nitrogen and oxygen atoms in total. The highest BCUT2D eigenvalue weighted by Gasteiger charge is 2.27. The molecule has 0 saturated carbocycles. The number of ether oxygens (including phenoxy) is 2. The molecule has 2 aromatic carbocycles. The molecule has 1 saturated heterocycles. The molecule has 1 heterocycles. The van der Waals surface area contributed by atoms with Gasteiger partial charge < -0.3 is 14.4 Å². The predicted octanol–water partition coefficient (Wildman–Crippen LogP) is 3.75. The lowest BCUT2D eigenvalue weighted by Crippen LogP contribution is -2.37. The van der Waals surface area contributed by atoms with Crippen LogP contribution in [0.4, 0.5) is 5.69 Å². The SMILES string of the molecule is CCOC(=O)Cc1ccccc1N1CCC(C(=O)OCc2ccccc2)CC1. The van der Waals surface area contributed by atoms with E-state index in [0.717, 1.165) is 42.7 Å². The van der Waals surface area contributed by atoms with Crippen LogP contribution in [0, 0.1) is 5.92 Å². The highest BCUT2D eigenvalue weighted by atomic mass is 16.5. The van der Waals surface area contributed by atoms with E-state index in [1.54, 1.807) is 0 Å². The van der Waals surface area contributed by atoms with Crippen LogP contribution >= 0.6 is 0 Å². The molecule has 1 aliphatic rings. The second-order valence-electron chi connectivity index (χ2n) is 6.97. The fourth-order valence-corrected chi connectivity index (χ4v) is 3.54. The van der Waals surface area contributed by atoms with Gasteiger partial charge in [-0.1, -0.05) is 48.5 Å². The first-order valence-electron chi connectivity index (χ1n) is 9.86. The average Bonchev–Trinajstić information content (AvgIpc) is 2.73. The van der Waals surface area contributed by atoms with Crippen LogP contribution in [-0.2, 0) is 32.1 Å². The smallest absolute Gasteiger partial charge is 0.310 e. The fourth-order valence-electron chi connectivity index (χ4n) is 3.54. The van der Waals surface area contributed by atoms with Crippen LogP contribution in [-0.4, -0.2) is 31.6 Å². The lowest BCUT2D eigenvalue weighted by Gasteiger charge is -2.33. The Hall–Kier alpha value is -2.82. The third-order valence-electron chi connectivity index (χ3n) is 5.02. The number of esters is 2. The van der Waals surface area contributed by atoms with Gasteiger partial charge >= 0.3 is 11.9 Å². The van der Waals surface area contributed by atoms with Gasteiger partial charge in [-0.15, -0.1) is 0 Å². The first-order chi connectivity index (χ1) is 13.7. The Morgan fingerprint density at radius 1 is 0.964 bits per heavy atom. The molecule has 0 N–H and O–H groups in total. The van der Waals surface area contributed by atoms with Gasteiger partial charge in [0, 0.05) is 18.8 Å². The van der Waals surface area contributed by atoms with Crippen LogP contribution < -0.4 is 4.90 Å². The summed E-state index contributed by atoms with van der Waals surface area (Å²) in [6.07, 6.45) is 1.77. The molecule has 0 aliphatic carbocycles. The van der Waals surface area contributed by atoms with Crippen molar-refractivity contribution in [1.29, 1.82) is 0 Å². The number of nitrogens with zero attached hydrogens (tertiary/aromatic N) is 1. The summed E-state index contributed by atoms with van der Waals surface area (Å²) in [5.41, 5.74) is 3.01. The molecule has 0 bridgehead atoms. The summed E-state index contributed by atoms with van der Waals surface area (Å²) in [6.45, 7) is 4.06. The third kappa shape index (κ3) is 5.35. The molecule has 0 radical (unpaired) electrons. The molecule has 0 amide bonds. The molecule has 1 fully saturated rings. The number of hydrogen-bond donors (Lipinski definition) is 0. The molecule has 0 spiro atoms. The summed E-state index contributed by atoms with van der Waals surface area (Å²) in [4.78, 5) is 26.5. The first kappa shape index (κ1) is 19.9. The Morgan fingerprint density at radius 3 is 2.36 bits per heavy atom. The lowest BCUT2D eigenvalue weighted by molar-refractivity contribution is -0.150. The van der Waals surface area contributed by atoms with Crippen molar-refractivity contribution in [2.45, 2.75) is 32.8 Å². The zero-order chi connectivity index (χ0) is 19.8. The normalized spacial score (nSPS) is 14.5. The zero-order valence-electron chi connectivity index (χ0n) is 16.3. The minimum atomic E-state index is -0.214. The molecule has 2 aromatic rings. The van der Waals surface area contributed by atoms with E-state index in [1.807, 2.05) is 61.5 Å². The van der Waals surface area contributed by atoms with Gasteiger partial charge in [-0.25, -0.2) is 0 Å². The standard InChI is InChI=1S/C23H27NO4/c1-2-27-22(25)16-20-10-6-7-11-21(20)24-14-12-19(13-15-24)23(26)28-17-18-8-4-3-5-9-18/h3-11,19H,2,12-17H2,1H3. The van der Waals surface area contributed by atoms with E-state index in [1.165, 1.54) is 0 Å². The number of carbonyl (C=O) groups is 2. The second-order valence-corrected chi connectivity index (χ2v) is 6.97. The Bertz CT molecular complexity index is 782. The van der Waals surface area contributed by atoms with Crippen molar-refractivity contribution >= 4 is 17.6 Å². The van der Waals surface area contributed by atoms with Gasteiger partial charge in [0.2, 0.25) is 0 Å². The fraction of sp³-hybridized carbons (Fsp3) is 0.391. The van der Waals surface area contributed by atoms with Crippen LogP contribution in [0.1, 0.15) is 30.9 Å². The van der Waals surface area contributed by atoms with E-state index in [0.29, 0.717) is 13.2 Å². The van der Waals surface area contributed by atoms with Gasteiger partial charge in [0.05, 0.1) is 18.9 Å². The molecule has 28 heavy (non-hydrogen) atoms. The van der Waals surface area contributed by atoms with E-state index in [-0.39, 0.29) is 24.3 Å². The zero-order valence-corrected chi connectivity index (χ0v) is 16.3. The van der Waals surface area contributed by atoms with Crippen LogP contribution in [0.5, 0.6) is 0 Å². The molecular weight excluding hydrogens is 354 g/mol. The van der Waals surface area contributed by atoms with E-state index in [4.69, 9.17) is 9.47 Å². The quantitative estimate of drug-likeness (QED) is 0.684. The van der Waals surface area contributed by atoms with Crippen molar-refractivity contribution in [3.63, 3.8) is 0 Å². The van der Waals surface area contributed by atoms with Crippen molar-refractivity contribution in [3.05, 3.63) is 65.7 Å². The van der Waals surface area contributed by atoms with Gasteiger partial charge in [-0.2, -0.15) is 0 Å². The average molecular weight is 381 g/mol. The number of para-hydroxylation sites is 1. The van der Waals surface area contributed by atoms with E-state index >= 15 is 0 Å². The van der Waals surface area contributed by atoms with Crippen LogP contribution in [0.25, 0.3) is 0 Å². The second kappa shape index (κ2) is 9.93. The molecular formula is C23H27NO4. The van der Waals surface area contributed by atoms with Crippen LogP contribution in [0.2, 0.25) is 0 Å². The third-order valence-corrected chi connectivity index (χ3v) is 5.02. The molecule has 5 heteroatoms. The predicted molar refractivity (Wildman–Crippen MR) is 108 cm³/mol. The highest BCUT2D eigenvalue weighted by molar-refractivity contribution is 5.76. The van der Waals surface area contributed by atoms with Crippen molar-refractivity contribution in [2.75, 3.05) is 24.6 Å². The first-order valence-corrected chi connectivity index (χ1v) is 9.86. The molecule has 3 rings (SSSR count). The van der Waals surface area contributed by atoms with Crippen LogP contribution in [0.15, 0.2) is 54.6 Å². The number of rotatable bonds is 7. The summed E-state index contributed by atoms with van der Waals surface area (Å²) >= 11 is 0. The van der Waals surface area contributed by atoms with Crippen molar-refractivity contribution in [1.82, 2.24) is 0 Å². The molecule has 0 aromatic heterocycles. The number of anilines is 1. The summed E-state index contributed by atoms with van der Waals surface area (Å²) in [6, 6.07) is 17.6. The van der Waals surface area contributed by atoms with E-state index < -0.39 is 0 Å². The molecule has 148 valence electrons. The van der Waals surface area contributed by atoms with Crippen molar-refractivity contribution < 1.29 is 19.1 Å². The Morgan fingerprint density at radius 2 is 1.64 bits per heavy atom. The van der Waals surface area contributed by atoms with Gasteiger partial charge in [0.15, 0.2) is 0 Å². The Kier molecular flexibility index (Phi) is 7.06. The number of benzene rings is 2. The number of hydrogen-bond acceptors (Lipinski definition) is 5. The highest BCUT2D eigenvalue weighted by Crippen LogP contribution is 2.27. The van der Waals surface area contributed by atoms with E-state index in [9.17, 15) is 9.59 Å². The largest absolute Gasteiger partial charge is 0.466 e. The number of piperidine rings is 1. The molecule has 1 aliphatic heterocycles. The summed E-state index contributed by atoms with van der Waals surface area (Å²) in [5, 5.41) is 0. The van der Waals surface area contributed by atoms with Gasteiger partial charge in [0.1, 0.15) is 6.61 Å². The minimum Gasteiger partial charge on any atom is -0.466 e. The lowest BCUT2D eigenvalue weighted by atomic mass is 9.95. The van der Waals surface area contributed by atoms with Crippen LogP contribution in [0.3, 0.4) is 0 Å². The summed E-state index contributed by atoms with van der Waals surface area (Å²) in [7, 11) is 0. The van der Waals surface area contributed by atoms with Gasteiger partial charge in [0.25, 0.3) is 0 Å². The van der Waals surface area contributed by atoms with Crippen molar-refractivity contribution in [2.24, 2.45) is 5.92 Å². The maximum Gasteiger partial charge on any atom is 0.310 e. The number of carbonyl (C=O) groups excluding carboxylic acids is 2. The molecule has 0 atom stereocenters.